The molecule has 0 bridgehead atoms. The van der Waals surface area contributed by atoms with Gasteiger partial charge in [-0.3, -0.25) is 14.4 Å². The first kappa shape index (κ1) is 75.9. The lowest BCUT2D eigenvalue weighted by atomic mass is 10.0. The third kappa shape index (κ3) is 64.7. The fourth-order valence-electron chi connectivity index (χ4n) is 10.9. The van der Waals surface area contributed by atoms with Gasteiger partial charge in [-0.2, -0.15) is 0 Å². The number of ether oxygens (including phenoxy) is 3. The molecule has 0 aromatic heterocycles. The van der Waals surface area contributed by atoms with Gasteiger partial charge in [-0.05, 0) is 51.4 Å². The Morgan fingerprint density at radius 1 is 0.256 bits per heavy atom. The number of hydrogen-bond donors (Lipinski definition) is 0. The molecule has 460 valence electrons. The van der Waals surface area contributed by atoms with Crippen LogP contribution in [0, 0.1) is 0 Å². The van der Waals surface area contributed by atoms with Crippen molar-refractivity contribution in [3.8, 4) is 0 Å². The zero-order valence-corrected chi connectivity index (χ0v) is 53.0. The Labute approximate surface area is 487 Å². The number of rotatable bonds is 66. The summed E-state index contributed by atoms with van der Waals surface area (Å²) in [4.78, 5) is 38.3. The van der Waals surface area contributed by atoms with Crippen LogP contribution >= 0.6 is 0 Å². The normalized spacial score (nSPS) is 12.1. The molecule has 0 aromatic carbocycles. The van der Waals surface area contributed by atoms with Crippen LogP contribution in [0.25, 0.3) is 0 Å². The lowest BCUT2D eigenvalue weighted by molar-refractivity contribution is -0.167. The van der Waals surface area contributed by atoms with Crippen molar-refractivity contribution in [1.82, 2.24) is 0 Å². The summed E-state index contributed by atoms with van der Waals surface area (Å²) < 4.78 is 16.9. The van der Waals surface area contributed by atoms with E-state index in [0.29, 0.717) is 19.3 Å². The van der Waals surface area contributed by atoms with Crippen LogP contribution in [0.3, 0.4) is 0 Å². The first-order valence-electron chi connectivity index (χ1n) is 35.3. The summed E-state index contributed by atoms with van der Waals surface area (Å²) in [6.07, 6.45) is 82.3. The molecule has 0 aliphatic carbocycles. The van der Waals surface area contributed by atoms with Gasteiger partial charge in [0.2, 0.25) is 0 Å². The van der Waals surface area contributed by atoms with Crippen molar-refractivity contribution in [2.24, 2.45) is 0 Å². The molecule has 0 aliphatic heterocycles. The van der Waals surface area contributed by atoms with E-state index in [4.69, 9.17) is 14.2 Å². The molecule has 0 heterocycles. The van der Waals surface area contributed by atoms with Gasteiger partial charge in [0.1, 0.15) is 13.2 Å². The van der Waals surface area contributed by atoms with E-state index in [1.54, 1.807) is 0 Å². The molecule has 0 N–H and O–H groups in total. The van der Waals surface area contributed by atoms with Crippen LogP contribution in [-0.4, -0.2) is 37.2 Å². The Hall–Kier alpha value is -2.11. The first-order chi connectivity index (χ1) is 38.5. The van der Waals surface area contributed by atoms with E-state index < -0.39 is 6.10 Å². The van der Waals surface area contributed by atoms with Crippen LogP contribution in [0.5, 0.6) is 0 Å². The quantitative estimate of drug-likeness (QED) is 0.0261. The van der Waals surface area contributed by atoms with E-state index in [1.807, 2.05) is 0 Å². The summed E-state index contributed by atoms with van der Waals surface area (Å²) in [5.74, 6) is -0.844. The summed E-state index contributed by atoms with van der Waals surface area (Å²) in [5.41, 5.74) is 0. The van der Waals surface area contributed by atoms with E-state index in [1.165, 1.54) is 295 Å². The van der Waals surface area contributed by atoms with Crippen molar-refractivity contribution in [3.63, 3.8) is 0 Å². The predicted molar refractivity (Wildman–Crippen MR) is 340 cm³/mol. The Morgan fingerprint density at radius 3 is 0.731 bits per heavy atom. The van der Waals surface area contributed by atoms with Crippen LogP contribution in [0.15, 0.2) is 24.3 Å². The molecule has 0 radical (unpaired) electrons. The Morgan fingerprint density at radius 2 is 0.462 bits per heavy atom. The van der Waals surface area contributed by atoms with Gasteiger partial charge >= 0.3 is 17.9 Å². The largest absolute Gasteiger partial charge is 0.462 e. The monoisotopic (exact) mass is 1100 g/mol. The van der Waals surface area contributed by atoms with Crippen LogP contribution < -0.4 is 0 Å². The number of esters is 3. The molecule has 0 fully saturated rings. The topological polar surface area (TPSA) is 78.9 Å². The lowest BCUT2D eigenvalue weighted by Gasteiger charge is -2.18. The van der Waals surface area contributed by atoms with Crippen molar-refractivity contribution in [3.05, 3.63) is 24.3 Å². The van der Waals surface area contributed by atoms with Crippen LogP contribution in [-0.2, 0) is 28.6 Å². The zero-order chi connectivity index (χ0) is 56.4. The van der Waals surface area contributed by atoms with Gasteiger partial charge < -0.3 is 14.2 Å². The Balaban J connectivity index is 4.07. The summed E-state index contributed by atoms with van der Waals surface area (Å²) in [6, 6.07) is 0. The second-order valence-electron chi connectivity index (χ2n) is 24.2. The van der Waals surface area contributed by atoms with Crippen LogP contribution in [0.4, 0.5) is 0 Å². The van der Waals surface area contributed by atoms with E-state index >= 15 is 0 Å². The highest BCUT2D eigenvalue weighted by molar-refractivity contribution is 5.71. The van der Waals surface area contributed by atoms with Crippen LogP contribution in [0.2, 0.25) is 0 Å². The summed E-state index contributed by atoms with van der Waals surface area (Å²) in [6.45, 7) is 6.67. The SMILES string of the molecule is CCCCC/C=C\C/C=C\CCCCCCCCCCCC(=O)OC(COC(=O)CCCCCCCCCCCC)COC(=O)CCCCCCCCCCCCCCCCCCCCCCCCCCCCCCCCC. The lowest BCUT2D eigenvalue weighted by Crippen LogP contribution is -2.30. The van der Waals surface area contributed by atoms with Gasteiger partial charge in [-0.15, -0.1) is 0 Å². The van der Waals surface area contributed by atoms with E-state index in [0.717, 1.165) is 64.2 Å². The van der Waals surface area contributed by atoms with Crippen molar-refractivity contribution in [1.29, 1.82) is 0 Å². The summed E-state index contributed by atoms with van der Waals surface area (Å²) in [7, 11) is 0. The molecule has 0 aliphatic rings. The molecule has 1 atom stereocenters. The maximum atomic E-state index is 12.9. The minimum atomic E-state index is -0.769. The predicted octanol–water partition coefficient (Wildman–Crippen LogP) is 24.2. The molecule has 78 heavy (non-hydrogen) atoms. The van der Waals surface area contributed by atoms with Gasteiger partial charge in [0.25, 0.3) is 0 Å². The van der Waals surface area contributed by atoms with E-state index in [-0.39, 0.29) is 31.1 Å². The third-order valence-corrected chi connectivity index (χ3v) is 16.2. The Kier molecular flexibility index (Phi) is 65.6. The maximum absolute atomic E-state index is 12.9. The second kappa shape index (κ2) is 67.4. The van der Waals surface area contributed by atoms with Crippen molar-refractivity contribution >= 4 is 17.9 Å². The maximum Gasteiger partial charge on any atom is 0.306 e. The van der Waals surface area contributed by atoms with E-state index in [2.05, 4.69) is 45.1 Å². The second-order valence-corrected chi connectivity index (χ2v) is 24.2. The molecular formula is C72H136O6. The number of carbonyl (C=O) groups excluding carboxylic acids is 3. The fraction of sp³-hybridized carbons (Fsp3) is 0.903. The number of unbranched alkanes of at least 4 members (excludes halogenated alkanes) is 51. The van der Waals surface area contributed by atoms with Crippen molar-refractivity contribution < 1.29 is 28.6 Å². The average Bonchev–Trinajstić information content (AvgIpc) is 3.44. The van der Waals surface area contributed by atoms with Crippen molar-refractivity contribution in [2.45, 2.75) is 406 Å². The highest BCUT2D eigenvalue weighted by Crippen LogP contribution is 2.19. The molecule has 0 amide bonds. The average molecular weight is 1100 g/mol. The van der Waals surface area contributed by atoms with Gasteiger partial charge in [0, 0.05) is 19.3 Å². The first-order valence-corrected chi connectivity index (χ1v) is 35.3. The zero-order valence-electron chi connectivity index (χ0n) is 53.0. The third-order valence-electron chi connectivity index (χ3n) is 16.2. The van der Waals surface area contributed by atoms with Gasteiger partial charge in [-0.25, -0.2) is 0 Å². The molecule has 6 heteroatoms. The molecule has 0 spiro atoms. The number of hydrogen-bond acceptors (Lipinski definition) is 6. The summed E-state index contributed by atoms with van der Waals surface area (Å²) >= 11 is 0. The van der Waals surface area contributed by atoms with Gasteiger partial charge in [-0.1, -0.05) is 353 Å². The minimum Gasteiger partial charge on any atom is -0.462 e. The minimum absolute atomic E-state index is 0.0669. The van der Waals surface area contributed by atoms with E-state index in [9.17, 15) is 14.4 Å². The smallest absolute Gasteiger partial charge is 0.306 e. The highest BCUT2D eigenvalue weighted by atomic mass is 16.6. The van der Waals surface area contributed by atoms with Gasteiger partial charge in [0.15, 0.2) is 6.10 Å². The fourth-order valence-corrected chi connectivity index (χ4v) is 10.9. The summed E-state index contributed by atoms with van der Waals surface area (Å²) in [5, 5.41) is 0. The molecule has 0 saturated carbocycles. The Bertz CT molecular complexity index is 1260. The molecular weight excluding hydrogens is 961 g/mol. The van der Waals surface area contributed by atoms with Crippen LogP contribution in [0.1, 0.15) is 400 Å². The highest BCUT2D eigenvalue weighted by Gasteiger charge is 2.19. The standard InChI is InChI=1S/C72H136O6/c1-4-7-10-13-16-19-22-24-26-28-30-31-32-33-34-35-36-37-38-39-40-41-43-44-46-48-50-53-56-59-62-65-71(74)77-68-69(67-76-70(73)64-61-58-55-52-21-18-15-12-9-6-3)78-72(75)66-63-60-57-54-51-49-47-45-42-29-27-25-23-20-17-14-11-8-5-2/h17,20,25,27,69H,4-16,18-19,21-24,26,28-68H2,1-3H3/b20-17-,27-25-. The number of allylic oxidation sites excluding steroid dienone is 4. The molecule has 1 unspecified atom stereocenters. The molecule has 0 saturated heterocycles. The molecule has 6 nitrogen and oxygen atoms in total. The molecule has 0 rings (SSSR count). The molecule has 0 aromatic rings. The van der Waals surface area contributed by atoms with Gasteiger partial charge in [0.05, 0.1) is 0 Å². The van der Waals surface area contributed by atoms with Crippen molar-refractivity contribution in [2.75, 3.05) is 13.2 Å². The number of carbonyl (C=O) groups is 3.